The van der Waals surface area contributed by atoms with Crippen LogP contribution < -0.4 is 5.32 Å². The molecule has 0 atom stereocenters. The first-order chi connectivity index (χ1) is 8.28. The van der Waals surface area contributed by atoms with E-state index in [-0.39, 0.29) is 0 Å². The van der Waals surface area contributed by atoms with Crippen LogP contribution in [-0.2, 0) is 11.7 Å². The number of rotatable bonds is 3. The molecule has 4 nitrogen and oxygen atoms in total. The molecule has 1 aliphatic carbocycles. The first-order valence-electron chi connectivity index (χ1n) is 5.34. The lowest BCUT2D eigenvalue weighted by molar-refractivity contribution is -0.385. The molecule has 1 fully saturated rings. The van der Waals surface area contributed by atoms with Crippen LogP contribution in [-0.4, -0.2) is 12.0 Å². The van der Waals surface area contributed by atoms with Crippen LogP contribution in [0.5, 0.6) is 0 Å². The van der Waals surface area contributed by atoms with Gasteiger partial charge in [-0.1, -0.05) is 0 Å². The minimum Gasteiger partial charge on any atom is -0.310 e. The second-order valence-electron chi connectivity index (χ2n) is 4.36. The summed E-state index contributed by atoms with van der Waals surface area (Å²) in [6, 6.07) is 2.75. The van der Waals surface area contributed by atoms with Crippen molar-refractivity contribution in [2.75, 3.05) is 7.05 Å². The van der Waals surface area contributed by atoms with Crippen LogP contribution in [0, 0.1) is 10.1 Å². The summed E-state index contributed by atoms with van der Waals surface area (Å²) >= 11 is 0. The third-order valence-electron chi connectivity index (χ3n) is 3.24. The lowest BCUT2D eigenvalue weighted by atomic mass is 10.0. The first-order valence-corrected chi connectivity index (χ1v) is 5.34. The van der Waals surface area contributed by atoms with Gasteiger partial charge in [-0.2, -0.15) is 13.2 Å². The van der Waals surface area contributed by atoms with Gasteiger partial charge in [-0.15, -0.1) is 0 Å². The highest BCUT2D eigenvalue weighted by Gasteiger charge is 2.45. The zero-order valence-electron chi connectivity index (χ0n) is 9.54. The highest BCUT2D eigenvalue weighted by atomic mass is 19.4. The summed E-state index contributed by atoms with van der Waals surface area (Å²) in [7, 11) is 1.64. The van der Waals surface area contributed by atoms with Crippen molar-refractivity contribution in [3.8, 4) is 0 Å². The largest absolute Gasteiger partial charge is 0.416 e. The SMILES string of the molecule is CNC1(c2cc([N+](=O)[O-])cc(C(F)(F)F)c2)CC1. The number of alkyl halides is 3. The summed E-state index contributed by atoms with van der Waals surface area (Å²) in [5, 5.41) is 13.6. The van der Waals surface area contributed by atoms with Gasteiger partial charge in [0.15, 0.2) is 0 Å². The molecule has 1 aromatic carbocycles. The number of benzene rings is 1. The molecular formula is C11H11F3N2O2. The quantitative estimate of drug-likeness (QED) is 0.671. The molecule has 7 heteroatoms. The van der Waals surface area contributed by atoms with E-state index >= 15 is 0 Å². The van der Waals surface area contributed by atoms with Gasteiger partial charge >= 0.3 is 6.18 Å². The molecule has 1 aromatic rings. The Balaban J connectivity index is 2.54. The number of hydrogen-bond acceptors (Lipinski definition) is 3. The lowest BCUT2D eigenvalue weighted by Crippen LogP contribution is -2.25. The smallest absolute Gasteiger partial charge is 0.310 e. The number of nitro groups is 1. The molecular weight excluding hydrogens is 249 g/mol. The van der Waals surface area contributed by atoms with Crippen LogP contribution in [0.3, 0.4) is 0 Å². The van der Waals surface area contributed by atoms with Gasteiger partial charge in [0.2, 0.25) is 0 Å². The number of nitrogens with one attached hydrogen (secondary N) is 1. The van der Waals surface area contributed by atoms with E-state index in [2.05, 4.69) is 5.32 Å². The minimum atomic E-state index is -4.58. The maximum atomic E-state index is 12.7. The number of non-ortho nitro benzene ring substituents is 1. The average Bonchev–Trinajstić information content (AvgIpc) is 3.08. The zero-order chi connectivity index (χ0) is 13.6. The van der Waals surface area contributed by atoms with Gasteiger partial charge in [-0.25, -0.2) is 0 Å². The fourth-order valence-electron chi connectivity index (χ4n) is 1.96. The van der Waals surface area contributed by atoms with Gasteiger partial charge in [0.25, 0.3) is 5.69 Å². The molecule has 18 heavy (non-hydrogen) atoms. The van der Waals surface area contributed by atoms with E-state index < -0.39 is 27.9 Å². The molecule has 2 rings (SSSR count). The molecule has 0 bridgehead atoms. The topological polar surface area (TPSA) is 55.2 Å². The van der Waals surface area contributed by atoms with Gasteiger partial charge in [-0.05, 0) is 31.5 Å². The Bertz CT molecular complexity index is 496. The second-order valence-corrected chi connectivity index (χ2v) is 4.36. The van der Waals surface area contributed by atoms with Crippen molar-refractivity contribution in [2.24, 2.45) is 0 Å². The molecule has 98 valence electrons. The van der Waals surface area contributed by atoms with Crippen molar-refractivity contribution >= 4 is 5.69 Å². The van der Waals surface area contributed by atoms with E-state index in [1.54, 1.807) is 7.05 Å². The van der Waals surface area contributed by atoms with Crippen molar-refractivity contribution < 1.29 is 18.1 Å². The summed E-state index contributed by atoms with van der Waals surface area (Å²) in [6.07, 6.45) is -3.21. The molecule has 0 saturated heterocycles. The van der Waals surface area contributed by atoms with Crippen LogP contribution in [0.4, 0.5) is 18.9 Å². The van der Waals surface area contributed by atoms with Crippen molar-refractivity contribution in [3.05, 3.63) is 39.4 Å². The third kappa shape index (κ3) is 2.17. The molecule has 0 heterocycles. The third-order valence-corrected chi connectivity index (χ3v) is 3.24. The summed E-state index contributed by atoms with van der Waals surface area (Å²) in [4.78, 5) is 9.88. The van der Waals surface area contributed by atoms with E-state index in [0.717, 1.165) is 6.07 Å². The highest BCUT2D eigenvalue weighted by Crippen LogP contribution is 2.47. The molecule has 0 radical (unpaired) electrons. The Labute approximate surface area is 101 Å². The van der Waals surface area contributed by atoms with Gasteiger partial charge in [0.1, 0.15) is 0 Å². The number of halogens is 3. The Kier molecular flexibility index (Phi) is 2.81. The second kappa shape index (κ2) is 3.94. The van der Waals surface area contributed by atoms with E-state index in [1.807, 2.05) is 0 Å². The number of hydrogen-bond donors (Lipinski definition) is 1. The molecule has 0 spiro atoms. The predicted octanol–water partition coefficient (Wildman–Crippen LogP) is 2.82. The van der Waals surface area contributed by atoms with E-state index in [9.17, 15) is 23.3 Å². The average molecular weight is 260 g/mol. The Hall–Kier alpha value is -1.63. The van der Waals surface area contributed by atoms with Crippen LogP contribution >= 0.6 is 0 Å². The van der Waals surface area contributed by atoms with E-state index in [1.165, 1.54) is 6.07 Å². The number of nitrogens with zero attached hydrogens (tertiary/aromatic N) is 1. The maximum absolute atomic E-state index is 12.7. The van der Waals surface area contributed by atoms with Crippen molar-refractivity contribution in [1.82, 2.24) is 5.32 Å². The zero-order valence-corrected chi connectivity index (χ0v) is 9.54. The normalized spacial score (nSPS) is 17.6. The molecule has 0 unspecified atom stereocenters. The van der Waals surface area contributed by atoms with Crippen molar-refractivity contribution in [3.63, 3.8) is 0 Å². The van der Waals surface area contributed by atoms with Gasteiger partial charge in [0, 0.05) is 17.7 Å². The molecule has 0 aromatic heterocycles. The number of nitro benzene ring substituents is 1. The monoisotopic (exact) mass is 260 g/mol. The van der Waals surface area contributed by atoms with Crippen LogP contribution in [0.1, 0.15) is 24.0 Å². The standard InChI is InChI=1S/C11H11F3N2O2/c1-15-10(2-3-10)7-4-8(11(12,13)14)6-9(5-7)16(17)18/h4-6,15H,2-3H2,1H3. The van der Waals surface area contributed by atoms with Crippen LogP contribution in [0.2, 0.25) is 0 Å². The first kappa shape index (κ1) is 12.8. The fourth-order valence-corrected chi connectivity index (χ4v) is 1.96. The van der Waals surface area contributed by atoms with Gasteiger partial charge in [0.05, 0.1) is 10.5 Å². The van der Waals surface area contributed by atoms with E-state index in [4.69, 9.17) is 0 Å². The highest BCUT2D eigenvalue weighted by molar-refractivity contribution is 5.45. The Morgan fingerprint density at radius 2 is 1.94 bits per heavy atom. The molecule has 1 saturated carbocycles. The van der Waals surface area contributed by atoms with Gasteiger partial charge < -0.3 is 5.32 Å². The Morgan fingerprint density at radius 1 is 1.33 bits per heavy atom. The molecule has 0 aliphatic heterocycles. The van der Waals surface area contributed by atoms with E-state index in [0.29, 0.717) is 24.5 Å². The predicted molar refractivity (Wildman–Crippen MR) is 58.1 cm³/mol. The van der Waals surface area contributed by atoms with Crippen molar-refractivity contribution in [2.45, 2.75) is 24.6 Å². The summed E-state index contributed by atoms with van der Waals surface area (Å²) in [6.45, 7) is 0. The molecule has 0 amide bonds. The maximum Gasteiger partial charge on any atom is 0.416 e. The Morgan fingerprint density at radius 3 is 2.33 bits per heavy atom. The summed E-state index contributed by atoms with van der Waals surface area (Å²) in [5.74, 6) is 0. The van der Waals surface area contributed by atoms with Gasteiger partial charge in [-0.3, -0.25) is 10.1 Å². The van der Waals surface area contributed by atoms with Crippen LogP contribution in [0.25, 0.3) is 0 Å². The summed E-state index contributed by atoms with van der Waals surface area (Å²) in [5.41, 5.74) is -1.72. The van der Waals surface area contributed by atoms with Crippen LogP contribution in [0.15, 0.2) is 18.2 Å². The van der Waals surface area contributed by atoms with Crippen molar-refractivity contribution in [1.29, 1.82) is 0 Å². The molecule has 1 aliphatic rings. The molecule has 1 N–H and O–H groups in total. The minimum absolute atomic E-state index is 0.325. The summed E-state index contributed by atoms with van der Waals surface area (Å²) < 4.78 is 38.0. The fraction of sp³-hybridized carbons (Fsp3) is 0.455. The lowest BCUT2D eigenvalue weighted by Gasteiger charge is -2.16.